The van der Waals surface area contributed by atoms with E-state index in [-0.39, 0.29) is 24.0 Å². The maximum absolute atomic E-state index is 12.8. The summed E-state index contributed by atoms with van der Waals surface area (Å²) in [7, 11) is -3.41. The first-order valence-corrected chi connectivity index (χ1v) is 11.7. The van der Waals surface area contributed by atoms with Crippen molar-refractivity contribution < 1.29 is 13.2 Å². The standard InChI is InChI=1S/C25H27NO3S/c1-19-8-12-21(13-9-19)22(18-25(27)26-23-6-4-3-5-7-23)16-17-30(28,29)24-14-10-20(2)11-15-24/h3-15,22H,16-18H2,1-2H3,(H,26,27). The molecule has 0 aliphatic carbocycles. The zero-order valence-corrected chi connectivity index (χ0v) is 18.2. The third-order valence-electron chi connectivity index (χ3n) is 5.15. The van der Waals surface area contributed by atoms with Gasteiger partial charge in [-0.25, -0.2) is 8.42 Å². The van der Waals surface area contributed by atoms with E-state index in [0.29, 0.717) is 11.3 Å². The van der Waals surface area contributed by atoms with Gasteiger partial charge in [-0.3, -0.25) is 4.79 Å². The number of benzene rings is 3. The molecule has 1 amide bonds. The second-order valence-corrected chi connectivity index (χ2v) is 9.76. The maximum Gasteiger partial charge on any atom is 0.224 e. The van der Waals surface area contributed by atoms with Crippen molar-refractivity contribution in [2.24, 2.45) is 0 Å². The Morgan fingerprint density at radius 1 is 0.833 bits per heavy atom. The number of anilines is 1. The Morgan fingerprint density at radius 3 is 2.00 bits per heavy atom. The largest absolute Gasteiger partial charge is 0.326 e. The van der Waals surface area contributed by atoms with Gasteiger partial charge in [-0.15, -0.1) is 0 Å². The molecule has 0 fully saturated rings. The second-order valence-electron chi connectivity index (χ2n) is 7.65. The predicted octanol–water partition coefficient (Wildman–Crippen LogP) is 5.28. The summed E-state index contributed by atoms with van der Waals surface area (Å²) in [5, 5.41) is 2.90. The van der Waals surface area contributed by atoms with Crippen LogP contribution in [0.25, 0.3) is 0 Å². The molecule has 1 unspecified atom stereocenters. The molecule has 0 saturated carbocycles. The summed E-state index contributed by atoms with van der Waals surface area (Å²) >= 11 is 0. The number of carbonyl (C=O) groups excluding carboxylic acids is 1. The third-order valence-corrected chi connectivity index (χ3v) is 6.92. The average molecular weight is 422 g/mol. The van der Waals surface area contributed by atoms with E-state index in [1.165, 1.54) is 0 Å². The van der Waals surface area contributed by atoms with Gasteiger partial charge in [0.1, 0.15) is 0 Å². The number of rotatable bonds is 8. The van der Waals surface area contributed by atoms with Gasteiger partial charge in [0.05, 0.1) is 10.6 Å². The smallest absolute Gasteiger partial charge is 0.224 e. The molecule has 0 aliphatic heterocycles. The minimum absolute atomic E-state index is 0.00673. The lowest BCUT2D eigenvalue weighted by Gasteiger charge is -2.18. The minimum atomic E-state index is -3.41. The Bertz CT molecular complexity index is 1070. The van der Waals surface area contributed by atoms with E-state index in [4.69, 9.17) is 0 Å². The van der Waals surface area contributed by atoms with Gasteiger partial charge in [-0.2, -0.15) is 0 Å². The van der Waals surface area contributed by atoms with Crippen LogP contribution in [0.5, 0.6) is 0 Å². The van der Waals surface area contributed by atoms with Crippen molar-refractivity contribution in [3.8, 4) is 0 Å². The lowest BCUT2D eigenvalue weighted by atomic mass is 9.92. The molecule has 1 atom stereocenters. The molecule has 30 heavy (non-hydrogen) atoms. The topological polar surface area (TPSA) is 63.2 Å². The normalized spacial score (nSPS) is 12.3. The number of hydrogen-bond acceptors (Lipinski definition) is 3. The van der Waals surface area contributed by atoms with Gasteiger partial charge in [0, 0.05) is 12.1 Å². The lowest BCUT2D eigenvalue weighted by molar-refractivity contribution is -0.116. The van der Waals surface area contributed by atoms with Crippen LogP contribution in [0.15, 0.2) is 83.8 Å². The first-order chi connectivity index (χ1) is 14.3. The number of aryl methyl sites for hydroxylation is 2. The third kappa shape index (κ3) is 6.04. The van der Waals surface area contributed by atoms with E-state index in [1.807, 2.05) is 68.4 Å². The molecular weight excluding hydrogens is 394 g/mol. The molecule has 0 bridgehead atoms. The number of nitrogens with one attached hydrogen (secondary N) is 1. The fourth-order valence-corrected chi connectivity index (χ4v) is 4.72. The second kappa shape index (κ2) is 9.72. The molecule has 156 valence electrons. The fourth-order valence-electron chi connectivity index (χ4n) is 3.34. The zero-order chi connectivity index (χ0) is 21.6. The van der Waals surface area contributed by atoms with Crippen LogP contribution in [0.3, 0.4) is 0 Å². The quantitative estimate of drug-likeness (QED) is 0.538. The fraction of sp³-hybridized carbons (Fsp3) is 0.240. The molecule has 5 heteroatoms. The first-order valence-electron chi connectivity index (χ1n) is 10.0. The van der Waals surface area contributed by atoms with Gasteiger partial charge < -0.3 is 5.32 Å². The van der Waals surface area contributed by atoms with E-state index in [2.05, 4.69) is 5.32 Å². The van der Waals surface area contributed by atoms with Crippen molar-refractivity contribution in [1.82, 2.24) is 0 Å². The molecule has 0 spiro atoms. The molecular formula is C25H27NO3S. The summed E-state index contributed by atoms with van der Waals surface area (Å²) in [5.41, 5.74) is 3.85. The number of amides is 1. The highest BCUT2D eigenvalue weighted by Gasteiger charge is 2.21. The summed E-state index contributed by atoms with van der Waals surface area (Å²) < 4.78 is 25.6. The molecule has 0 heterocycles. The number of hydrogen-bond donors (Lipinski definition) is 1. The molecule has 1 N–H and O–H groups in total. The summed E-state index contributed by atoms with van der Waals surface area (Å²) in [4.78, 5) is 13.0. The van der Waals surface area contributed by atoms with Crippen LogP contribution < -0.4 is 5.32 Å². The lowest BCUT2D eigenvalue weighted by Crippen LogP contribution is -2.18. The van der Waals surface area contributed by atoms with Crippen LogP contribution in [0.1, 0.15) is 35.4 Å². The van der Waals surface area contributed by atoms with Gasteiger partial charge in [0.25, 0.3) is 0 Å². The number of carbonyl (C=O) groups is 1. The number of para-hydroxylation sites is 1. The molecule has 0 radical (unpaired) electrons. The molecule has 0 saturated heterocycles. The van der Waals surface area contributed by atoms with Crippen LogP contribution in [0.4, 0.5) is 5.69 Å². The van der Waals surface area contributed by atoms with Gasteiger partial charge >= 0.3 is 0 Å². The summed E-state index contributed by atoms with van der Waals surface area (Å²) in [5.74, 6) is -0.318. The summed E-state index contributed by atoms with van der Waals surface area (Å²) in [6.07, 6.45) is 0.600. The van der Waals surface area contributed by atoms with Gasteiger partial charge in [0.15, 0.2) is 9.84 Å². The maximum atomic E-state index is 12.8. The van der Waals surface area contributed by atoms with Gasteiger partial charge in [0.2, 0.25) is 5.91 Å². The zero-order valence-electron chi connectivity index (χ0n) is 17.3. The Kier molecular flexibility index (Phi) is 7.06. The SMILES string of the molecule is Cc1ccc(C(CCS(=O)(=O)c2ccc(C)cc2)CC(=O)Nc2ccccc2)cc1. The molecule has 3 aromatic carbocycles. The van der Waals surface area contributed by atoms with Crippen LogP contribution in [-0.2, 0) is 14.6 Å². The van der Waals surface area contributed by atoms with Gasteiger partial charge in [-0.1, -0.05) is 65.7 Å². The summed E-state index contributed by atoms with van der Waals surface area (Å²) in [6.45, 7) is 3.93. The Hall–Kier alpha value is -2.92. The van der Waals surface area contributed by atoms with Crippen molar-refractivity contribution in [1.29, 1.82) is 0 Å². The van der Waals surface area contributed by atoms with Crippen LogP contribution >= 0.6 is 0 Å². The highest BCUT2D eigenvalue weighted by molar-refractivity contribution is 7.91. The monoisotopic (exact) mass is 421 g/mol. The van der Waals surface area contributed by atoms with Crippen molar-refractivity contribution in [2.75, 3.05) is 11.1 Å². The Labute approximate surface area is 178 Å². The predicted molar refractivity (Wildman–Crippen MR) is 121 cm³/mol. The van der Waals surface area contributed by atoms with Crippen molar-refractivity contribution in [3.05, 3.63) is 95.6 Å². The van der Waals surface area contributed by atoms with E-state index < -0.39 is 9.84 Å². The number of sulfone groups is 1. The highest BCUT2D eigenvalue weighted by Crippen LogP contribution is 2.27. The van der Waals surface area contributed by atoms with Crippen molar-refractivity contribution in [3.63, 3.8) is 0 Å². The summed E-state index contributed by atoms with van der Waals surface area (Å²) in [6, 6.07) is 24.1. The molecule has 4 nitrogen and oxygen atoms in total. The van der Waals surface area contributed by atoms with E-state index in [1.54, 1.807) is 24.3 Å². The molecule has 3 aromatic rings. The van der Waals surface area contributed by atoms with E-state index >= 15 is 0 Å². The van der Waals surface area contributed by atoms with Crippen LogP contribution in [-0.4, -0.2) is 20.1 Å². The highest BCUT2D eigenvalue weighted by atomic mass is 32.2. The Morgan fingerprint density at radius 2 is 1.40 bits per heavy atom. The minimum Gasteiger partial charge on any atom is -0.326 e. The first kappa shape index (κ1) is 21.8. The van der Waals surface area contributed by atoms with Crippen LogP contribution in [0, 0.1) is 13.8 Å². The molecule has 3 rings (SSSR count). The van der Waals surface area contributed by atoms with Gasteiger partial charge in [-0.05, 0) is 56.0 Å². The van der Waals surface area contributed by atoms with Crippen molar-refractivity contribution >= 4 is 21.4 Å². The van der Waals surface area contributed by atoms with E-state index in [9.17, 15) is 13.2 Å². The average Bonchev–Trinajstić information content (AvgIpc) is 2.73. The molecule has 0 aliphatic rings. The van der Waals surface area contributed by atoms with Crippen LogP contribution in [0.2, 0.25) is 0 Å². The van der Waals surface area contributed by atoms with Crippen molar-refractivity contribution in [2.45, 2.75) is 37.5 Å². The molecule has 0 aromatic heterocycles. The Balaban J connectivity index is 1.75. The van der Waals surface area contributed by atoms with E-state index in [0.717, 1.165) is 22.4 Å².